The van der Waals surface area contributed by atoms with Gasteiger partial charge in [0.25, 0.3) is 0 Å². The fourth-order valence-corrected chi connectivity index (χ4v) is 1.51. The molecule has 0 unspecified atom stereocenters. The van der Waals surface area contributed by atoms with E-state index < -0.39 is 4.92 Å². The van der Waals surface area contributed by atoms with Crippen LogP contribution in [0.3, 0.4) is 0 Å². The van der Waals surface area contributed by atoms with Gasteiger partial charge in [-0.3, -0.25) is 14.9 Å². The summed E-state index contributed by atoms with van der Waals surface area (Å²) in [7, 11) is 1.33. The molecular formula is C10H7NO5. The lowest BCUT2D eigenvalue weighted by molar-refractivity contribution is -0.385. The van der Waals surface area contributed by atoms with E-state index in [1.807, 2.05) is 0 Å². The maximum Gasteiger partial charge on any atom is 0.311 e. The lowest BCUT2D eigenvalue weighted by atomic mass is 10.2. The maximum atomic E-state index is 10.7. The molecule has 0 bridgehead atoms. The molecule has 2 rings (SSSR count). The Morgan fingerprint density at radius 2 is 2.25 bits per heavy atom. The summed E-state index contributed by atoms with van der Waals surface area (Å²) in [6, 6.07) is 4.12. The van der Waals surface area contributed by atoms with Crippen LogP contribution in [0.25, 0.3) is 11.0 Å². The highest BCUT2D eigenvalue weighted by atomic mass is 16.6. The van der Waals surface area contributed by atoms with Crippen LogP contribution in [0.1, 0.15) is 10.6 Å². The number of furan rings is 1. The van der Waals surface area contributed by atoms with Crippen molar-refractivity contribution in [2.75, 3.05) is 7.11 Å². The minimum atomic E-state index is -0.550. The zero-order valence-corrected chi connectivity index (χ0v) is 8.30. The molecule has 0 aliphatic heterocycles. The van der Waals surface area contributed by atoms with E-state index >= 15 is 0 Å². The van der Waals surface area contributed by atoms with Crippen LogP contribution in [0.5, 0.6) is 5.75 Å². The van der Waals surface area contributed by atoms with Crippen molar-refractivity contribution in [3.8, 4) is 5.75 Å². The maximum absolute atomic E-state index is 10.7. The molecule has 0 N–H and O–H groups in total. The van der Waals surface area contributed by atoms with Gasteiger partial charge in [0, 0.05) is 6.07 Å². The van der Waals surface area contributed by atoms with Crippen LogP contribution in [-0.4, -0.2) is 18.3 Å². The fourth-order valence-electron chi connectivity index (χ4n) is 1.51. The van der Waals surface area contributed by atoms with Gasteiger partial charge in [-0.15, -0.1) is 0 Å². The highest BCUT2D eigenvalue weighted by Crippen LogP contribution is 2.36. The predicted molar refractivity (Wildman–Crippen MR) is 54.8 cm³/mol. The molecule has 6 nitrogen and oxygen atoms in total. The molecule has 0 aliphatic rings. The van der Waals surface area contributed by atoms with Crippen LogP contribution >= 0.6 is 0 Å². The number of fused-ring (bicyclic) bond motifs is 1. The van der Waals surface area contributed by atoms with E-state index in [2.05, 4.69) is 0 Å². The fraction of sp³-hybridized carbons (Fsp3) is 0.100. The van der Waals surface area contributed by atoms with Gasteiger partial charge in [0.1, 0.15) is 5.58 Å². The van der Waals surface area contributed by atoms with E-state index in [9.17, 15) is 14.9 Å². The molecular weight excluding hydrogens is 214 g/mol. The Hall–Kier alpha value is -2.37. The number of benzene rings is 1. The number of hydrogen-bond acceptors (Lipinski definition) is 5. The van der Waals surface area contributed by atoms with Crippen molar-refractivity contribution in [2.45, 2.75) is 0 Å². The summed E-state index contributed by atoms with van der Waals surface area (Å²) < 4.78 is 10.1. The molecule has 0 saturated carbocycles. The number of methoxy groups -OCH3 is 1. The molecule has 1 heterocycles. The number of nitro groups is 1. The summed E-state index contributed by atoms with van der Waals surface area (Å²) in [6.07, 6.45) is 0.533. The van der Waals surface area contributed by atoms with E-state index in [1.165, 1.54) is 25.3 Å². The Labute approximate surface area is 89.6 Å². The molecule has 82 valence electrons. The molecule has 1 aromatic heterocycles. The number of carbonyl (C=O) groups is 1. The average molecular weight is 221 g/mol. The quantitative estimate of drug-likeness (QED) is 0.450. The molecule has 0 atom stereocenters. The first-order valence-electron chi connectivity index (χ1n) is 4.37. The van der Waals surface area contributed by atoms with Crippen LogP contribution in [0.15, 0.2) is 22.6 Å². The van der Waals surface area contributed by atoms with Crippen LogP contribution in [0.4, 0.5) is 5.69 Å². The van der Waals surface area contributed by atoms with Gasteiger partial charge < -0.3 is 9.15 Å². The lowest BCUT2D eigenvalue weighted by Crippen LogP contribution is -1.93. The molecule has 1 aromatic carbocycles. The van der Waals surface area contributed by atoms with Crippen LogP contribution in [0, 0.1) is 10.1 Å². The summed E-state index contributed by atoms with van der Waals surface area (Å²) in [5, 5.41) is 11.1. The van der Waals surface area contributed by atoms with E-state index in [0.29, 0.717) is 17.3 Å². The Balaban J connectivity index is 2.78. The number of ether oxygens (including phenoxy) is 1. The van der Waals surface area contributed by atoms with Gasteiger partial charge in [0.05, 0.1) is 17.4 Å². The lowest BCUT2D eigenvalue weighted by Gasteiger charge is -2.01. The zero-order valence-electron chi connectivity index (χ0n) is 8.30. The minimum absolute atomic E-state index is 0.0966. The molecule has 0 aliphatic carbocycles. The summed E-state index contributed by atoms with van der Waals surface area (Å²) in [4.78, 5) is 20.7. The second-order valence-corrected chi connectivity index (χ2v) is 3.05. The van der Waals surface area contributed by atoms with Gasteiger partial charge in [-0.2, -0.15) is 0 Å². The van der Waals surface area contributed by atoms with Crippen molar-refractivity contribution >= 4 is 22.9 Å². The molecule has 0 spiro atoms. The third-order valence-electron chi connectivity index (χ3n) is 2.17. The van der Waals surface area contributed by atoms with Gasteiger partial charge in [-0.1, -0.05) is 0 Å². The zero-order chi connectivity index (χ0) is 11.7. The first-order chi connectivity index (χ1) is 7.67. The van der Waals surface area contributed by atoms with E-state index in [1.54, 1.807) is 0 Å². The van der Waals surface area contributed by atoms with Gasteiger partial charge in [-0.25, -0.2) is 0 Å². The standard InChI is InChI=1S/C10H7NO5/c1-15-10-7-4-6(5-12)16-9(7)3-2-8(10)11(13)14/h2-5H,1H3. The molecule has 2 aromatic rings. The second-order valence-electron chi connectivity index (χ2n) is 3.05. The SMILES string of the molecule is COc1c([N+](=O)[O-])ccc2oc(C=O)cc12. The summed E-state index contributed by atoms with van der Waals surface area (Å²) in [5.41, 5.74) is 0.220. The largest absolute Gasteiger partial charge is 0.490 e. The first kappa shape index (κ1) is 10.2. The molecule has 0 fully saturated rings. The molecule has 0 saturated heterocycles. The summed E-state index contributed by atoms with van der Waals surface area (Å²) >= 11 is 0. The van der Waals surface area contributed by atoms with Gasteiger partial charge in [0.2, 0.25) is 5.75 Å². The molecule has 6 heteroatoms. The predicted octanol–water partition coefficient (Wildman–Crippen LogP) is 2.16. The number of aldehydes is 1. The van der Waals surface area contributed by atoms with Gasteiger partial charge >= 0.3 is 5.69 Å². The van der Waals surface area contributed by atoms with Crippen LogP contribution < -0.4 is 4.74 Å². The third kappa shape index (κ3) is 1.40. The third-order valence-corrected chi connectivity index (χ3v) is 2.17. The van der Waals surface area contributed by atoms with Crippen LogP contribution in [0.2, 0.25) is 0 Å². The van der Waals surface area contributed by atoms with Crippen molar-refractivity contribution in [1.82, 2.24) is 0 Å². The van der Waals surface area contributed by atoms with Crippen molar-refractivity contribution in [3.63, 3.8) is 0 Å². The van der Waals surface area contributed by atoms with E-state index in [0.717, 1.165) is 0 Å². The first-order valence-corrected chi connectivity index (χ1v) is 4.37. The minimum Gasteiger partial charge on any atom is -0.490 e. The molecule has 0 amide bonds. The smallest absolute Gasteiger partial charge is 0.311 e. The number of hydrogen-bond donors (Lipinski definition) is 0. The number of nitrogens with zero attached hydrogens (tertiary/aromatic N) is 1. The van der Waals surface area contributed by atoms with Crippen molar-refractivity contribution in [3.05, 3.63) is 34.1 Å². The second kappa shape index (κ2) is 3.65. The number of rotatable bonds is 3. The van der Waals surface area contributed by atoms with Crippen LogP contribution in [-0.2, 0) is 0 Å². The highest BCUT2D eigenvalue weighted by Gasteiger charge is 2.20. The van der Waals surface area contributed by atoms with Crippen molar-refractivity contribution in [2.24, 2.45) is 0 Å². The van der Waals surface area contributed by atoms with Crippen molar-refractivity contribution in [1.29, 1.82) is 0 Å². The summed E-state index contributed by atoms with van der Waals surface area (Å²) in [5.74, 6) is 0.202. The molecule has 16 heavy (non-hydrogen) atoms. The Morgan fingerprint density at radius 1 is 1.50 bits per heavy atom. The summed E-state index contributed by atoms with van der Waals surface area (Å²) in [6.45, 7) is 0. The van der Waals surface area contributed by atoms with Gasteiger partial charge in [0.15, 0.2) is 12.0 Å². The van der Waals surface area contributed by atoms with Gasteiger partial charge in [-0.05, 0) is 12.1 Å². The average Bonchev–Trinajstić information content (AvgIpc) is 2.69. The monoisotopic (exact) mass is 221 g/mol. The normalized spacial score (nSPS) is 10.3. The van der Waals surface area contributed by atoms with E-state index in [-0.39, 0.29) is 17.2 Å². The van der Waals surface area contributed by atoms with E-state index in [4.69, 9.17) is 9.15 Å². The Bertz CT molecular complexity index is 572. The Morgan fingerprint density at radius 3 is 2.81 bits per heavy atom. The number of carbonyl (C=O) groups excluding carboxylic acids is 1. The topological polar surface area (TPSA) is 82.6 Å². The number of nitro benzene ring substituents is 1. The Kier molecular flexibility index (Phi) is 2.32. The highest BCUT2D eigenvalue weighted by molar-refractivity contribution is 5.92. The molecule has 0 radical (unpaired) electrons. The van der Waals surface area contributed by atoms with Crippen molar-refractivity contribution < 1.29 is 18.9 Å².